The van der Waals surface area contributed by atoms with Gasteiger partial charge in [-0.3, -0.25) is 0 Å². The number of nitrogens with one attached hydrogen (secondary N) is 1. The molecule has 2 heterocycles. The van der Waals surface area contributed by atoms with Crippen LogP contribution >= 0.6 is 0 Å². The van der Waals surface area contributed by atoms with E-state index in [1.165, 1.54) is 19.3 Å². The summed E-state index contributed by atoms with van der Waals surface area (Å²) in [5, 5.41) is 3.63. The minimum Gasteiger partial charge on any atom is -0.445 e. The predicted octanol–water partition coefficient (Wildman–Crippen LogP) is 2.54. The van der Waals surface area contributed by atoms with Crippen LogP contribution in [0, 0.1) is 5.41 Å². The Balaban J connectivity index is 1.34. The molecule has 0 radical (unpaired) electrons. The lowest BCUT2D eigenvalue weighted by molar-refractivity contribution is -0.0701. The SMILES string of the molecule is O=C(OCc1ccccc1)N1CC[C@@]2(CCC23CCN3)C1. The van der Waals surface area contributed by atoms with Gasteiger partial charge in [0.05, 0.1) is 0 Å². The zero-order chi connectivity index (χ0) is 14.3. The van der Waals surface area contributed by atoms with E-state index in [0.717, 1.165) is 31.6 Å². The molecule has 1 aromatic carbocycles. The highest BCUT2D eigenvalue weighted by molar-refractivity contribution is 5.68. The van der Waals surface area contributed by atoms with Crippen LogP contribution in [0.25, 0.3) is 0 Å². The Kier molecular flexibility index (Phi) is 2.96. The molecule has 4 nitrogen and oxygen atoms in total. The zero-order valence-corrected chi connectivity index (χ0v) is 12.3. The van der Waals surface area contributed by atoms with Gasteiger partial charge < -0.3 is 15.0 Å². The van der Waals surface area contributed by atoms with Gasteiger partial charge in [-0.1, -0.05) is 30.3 Å². The van der Waals surface area contributed by atoms with Gasteiger partial charge in [0.15, 0.2) is 0 Å². The van der Waals surface area contributed by atoms with Crippen molar-refractivity contribution in [1.82, 2.24) is 10.2 Å². The molecule has 0 aromatic heterocycles. The van der Waals surface area contributed by atoms with Crippen molar-refractivity contribution in [2.24, 2.45) is 5.41 Å². The molecule has 1 aliphatic carbocycles. The fourth-order valence-electron chi connectivity index (χ4n) is 4.31. The van der Waals surface area contributed by atoms with E-state index in [0.29, 0.717) is 17.6 Å². The highest BCUT2D eigenvalue weighted by Crippen LogP contribution is 2.59. The second kappa shape index (κ2) is 4.73. The first kappa shape index (κ1) is 13.1. The van der Waals surface area contributed by atoms with E-state index in [2.05, 4.69) is 5.32 Å². The van der Waals surface area contributed by atoms with Crippen LogP contribution in [0.2, 0.25) is 0 Å². The molecule has 112 valence electrons. The summed E-state index contributed by atoms with van der Waals surface area (Å²) in [5.41, 5.74) is 1.72. The number of benzene rings is 1. The number of carbonyl (C=O) groups is 1. The molecule has 1 amide bonds. The molecule has 1 aromatic rings. The summed E-state index contributed by atoms with van der Waals surface area (Å²) in [5.74, 6) is 0. The number of nitrogens with zero attached hydrogens (tertiary/aromatic N) is 1. The maximum absolute atomic E-state index is 12.2. The summed E-state index contributed by atoms with van der Waals surface area (Å²) in [6.45, 7) is 3.22. The molecule has 1 saturated carbocycles. The molecule has 4 rings (SSSR count). The Morgan fingerprint density at radius 2 is 2.00 bits per heavy atom. The van der Waals surface area contributed by atoms with E-state index in [9.17, 15) is 4.79 Å². The van der Waals surface area contributed by atoms with E-state index in [4.69, 9.17) is 4.74 Å². The average molecular weight is 286 g/mol. The fourth-order valence-corrected chi connectivity index (χ4v) is 4.31. The lowest BCUT2D eigenvalue weighted by Gasteiger charge is -2.63. The summed E-state index contributed by atoms with van der Waals surface area (Å²) in [7, 11) is 0. The topological polar surface area (TPSA) is 41.6 Å². The number of hydrogen-bond donors (Lipinski definition) is 1. The van der Waals surface area contributed by atoms with Gasteiger partial charge >= 0.3 is 6.09 Å². The number of amides is 1. The Bertz CT molecular complexity index is 535. The summed E-state index contributed by atoms with van der Waals surface area (Å²) < 4.78 is 5.46. The molecule has 2 aliphatic heterocycles. The largest absolute Gasteiger partial charge is 0.445 e. The van der Waals surface area contributed by atoms with Crippen molar-refractivity contribution in [3.63, 3.8) is 0 Å². The molecular formula is C17H22N2O2. The zero-order valence-electron chi connectivity index (χ0n) is 12.3. The van der Waals surface area contributed by atoms with Gasteiger partial charge in [-0.25, -0.2) is 4.79 Å². The molecule has 1 unspecified atom stereocenters. The van der Waals surface area contributed by atoms with E-state index in [-0.39, 0.29) is 6.09 Å². The molecule has 2 saturated heterocycles. The lowest BCUT2D eigenvalue weighted by atomic mass is 9.50. The Morgan fingerprint density at radius 1 is 1.19 bits per heavy atom. The normalized spacial score (nSPS) is 33.8. The standard InChI is InChI=1S/C17H22N2O2/c20-15(21-12-14-4-2-1-3-5-14)19-11-9-16(13-19)6-7-17(16)8-10-18-17/h1-5,18H,6-13H2/t16-,17?/m0/s1. The van der Waals surface area contributed by atoms with Crippen LogP contribution in [0.1, 0.15) is 31.2 Å². The Labute approximate surface area is 125 Å². The van der Waals surface area contributed by atoms with E-state index < -0.39 is 0 Å². The summed E-state index contributed by atoms with van der Waals surface area (Å²) in [6, 6.07) is 9.87. The summed E-state index contributed by atoms with van der Waals surface area (Å²) >= 11 is 0. The minimum atomic E-state index is -0.155. The summed E-state index contributed by atoms with van der Waals surface area (Å²) in [6.07, 6.45) is 4.78. The number of hydrogen-bond acceptors (Lipinski definition) is 3. The molecule has 21 heavy (non-hydrogen) atoms. The predicted molar refractivity (Wildman–Crippen MR) is 79.8 cm³/mol. The van der Waals surface area contributed by atoms with Crippen LogP contribution in [0.15, 0.2) is 30.3 Å². The maximum atomic E-state index is 12.2. The van der Waals surface area contributed by atoms with Crippen molar-refractivity contribution in [1.29, 1.82) is 0 Å². The van der Waals surface area contributed by atoms with Crippen LogP contribution in [0.4, 0.5) is 4.79 Å². The van der Waals surface area contributed by atoms with Gasteiger partial charge in [-0.05, 0) is 37.8 Å². The second-order valence-corrected chi connectivity index (χ2v) is 6.75. The quantitative estimate of drug-likeness (QED) is 0.908. The van der Waals surface area contributed by atoms with Crippen molar-refractivity contribution in [3.05, 3.63) is 35.9 Å². The van der Waals surface area contributed by atoms with E-state index in [1.807, 2.05) is 35.2 Å². The van der Waals surface area contributed by atoms with E-state index >= 15 is 0 Å². The molecule has 3 aliphatic rings. The molecular weight excluding hydrogens is 264 g/mol. The minimum absolute atomic E-state index is 0.155. The molecule has 4 heteroatoms. The Hall–Kier alpha value is -1.55. The lowest BCUT2D eigenvalue weighted by Crippen LogP contribution is -2.73. The van der Waals surface area contributed by atoms with Gasteiger partial charge in [0.1, 0.15) is 6.61 Å². The van der Waals surface area contributed by atoms with Crippen LogP contribution in [0.3, 0.4) is 0 Å². The molecule has 2 spiro atoms. The average Bonchev–Trinajstić information content (AvgIpc) is 2.91. The van der Waals surface area contributed by atoms with E-state index in [1.54, 1.807) is 0 Å². The maximum Gasteiger partial charge on any atom is 0.410 e. The number of likely N-dealkylation sites (tertiary alicyclic amines) is 1. The summed E-state index contributed by atoms with van der Waals surface area (Å²) in [4.78, 5) is 14.2. The van der Waals surface area contributed by atoms with Crippen LogP contribution in [0.5, 0.6) is 0 Å². The number of fused-ring (bicyclic) bond motifs is 1. The van der Waals surface area contributed by atoms with Gasteiger partial charge in [0, 0.05) is 24.0 Å². The first-order chi connectivity index (χ1) is 10.2. The first-order valence-corrected chi connectivity index (χ1v) is 7.94. The smallest absolute Gasteiger partial charge is 0.410 e. The molecule has 2 atom stereocenters. The highest BCUT2D eigenvalue weighted by Gasteiger charge is 2.63. The van der Waals surface area contributed by atoms with Crippen LogP contribution in [-0.4, -0.2) is 36.2 Å². The second-order valence-electron chi connectivity index (χ2n) is 6.75. The van der Waals surface area contributed by atoms with Crippen molar-refractivity contribution in [2.75, 3.05) is 19.6 Å². The van der Waals surface area contributed by atoms with Gasteiger partial charge in [0.2, 0.25) is 0 Å². The van der Waals surface area contributed by atoms with Crippen LogP contribution < -0.4 is 5.32 Å². The molecule has 3 fully saturated rings. The van der Waals surface area contributed by atoms with Crippen molar-refractivity contribution >= 4 is 6.09 Å². The number of carbonyl (C=O) groups excluding carboxylic acids is 1. The van der Waals surface area contributed by atoms with Gasteiger partial charge in [-0.15, -0.1) is 0 Å². The number of ether oxygens (including phenoxy) is 1. The Morgan fingerprint density at radius 3 is 2.62 bits per heavy atom. The third-order valence-corrected chi connectivity index (χ3v) is 5.88. The van der Waals surface area contributed by atoms with Gasteiger partial charge in [0.25, 0.3) is 0 Å². The van der Waals surface area contributed by atoms with Crippen molar-refractivity contribution in [2.45, 2.75) is 37.8 Å². The van der Waals surface area contributed by atoms with Crippen molar-refractivity contribution in [3.8, 4) is 0 Å². The third kappa shape index (κ3) is 1.96. The van der Waals surface area contributed by atoms with Crippen molar-refractivity contribution < 1.29 is 9.53 Å². The number of rotatable bonds is 2. The highest BCUT2D eigenvalue weighted by atomic mass is 16.6. The monoisotopic (exact) mass is 286 g/mol. The fraction of sp³-hybridized carbons (Fsp3) is 0.588. The third-order valence-electron chi connectivity index (χ3n) is 5.88. The van der Waals surface area contributed by atoms with Crippen LogP contribution in [-0.2, 0) is 11.3 Å². The molecule has 0 bridgehead atoms. The molecule has 1 N–H and O–H groups in total. The van der Waals surface area contributed by atoms with Gasteiger partial charge in [-0.2, -0.15) is 0 Å². The first-order valence-electron chi connectivity index (χ1n) is 7.94.